The van der Waals surface area contributed by atoms with Crippen molar-refractivity contribution >= 4 is 11.9 Å². The van der Waals surface area contributed by atoms with Crippen LogP contribution in [-0.2, 0) is 14.9 Å². The van der Waals surface area contributed by atoms with Crippen LogP contribution in [0.4, 0.5) is 4.79 Å². The van der Waals surface area contributed by atoms with Gasteiger partial charge >= 0.3 is 6.09 Å². The summed E-state index contributed by atoms with van der Waals surface area (Å²) in [6.07, 6.45) is 5.07. The molecular formula is C22H31NO5. The summed E-state index contributed by atoms with van der Waals surface area (Å²) in [4.78, 5) is 25.7. The first-order chi connectivity index (χ1) is 13.1. The summed E-state index contributed by atoms with van der Waals surface area (Å²) in [6, 6.07) is 5.82. The predicted molar refractivity (Wildman–Crippen MR) is 108 cm³/mol. The van der Waals surface area contributed by atoms with Gasteiger partial charge in [0.15, 0.2) is 17.3 Å². The van der Waals surface area contributed by atoms with Crippen LogP contribution >= 0.6 is 0 Å². The number of hydrogen-bond acceptors (Lipinski definition) is 5. The molecule has 0 N–H and O–H groups in total. The first-order valence-corrected chi connectivity index (χ1v) is 9.49. The Hall–Kier alpha value is -2.50. The molecular weight excluding hydrogens is 358 g/mol. The van der Waals surface area contributed by atoms with Gasteiger partial charge in [0.05, 0.1) is 14.2 Å². The van der Waals surface area contributed by atoms with Crippen LogP contribution in [0.5, 0.6) is 11.5 Å². The topological polar surface area (TPSA) is 65.1 Å². The van der Waals surface area contributed by atoms with Gasteiger partial charge < -0.3 is 19.1 Å². The Morgan fingerprint density at radius 3 is 2.39 bits per heavy atom. The first-order valence-electron chi connectivity index (χ1n) is 9.49. The number of ketones is 1. The lowest BCUT2D eigenvalue weighted by molar-refractivity contribution is -0.115. The Morgan fingerprint density at radius 1 is 1.18 bits per heavy atom. The molecule has 0 saturated heterocycles. The van der Waals surface area contributed by atoms with E-state index in [9.17, 15) is 9.59 Å². The van der Waals surface area contributed by atoms with E-state index < -0.39 is 5.60 Å². The molecule has 0 saturated carbocycles. The standard InChI is InChI=1S/C22H31NO5/c1-21(2,3)28-20(25)23(4)14-13-22(11-9-17(24)10-12-22)16-7-8-18(26-5)19(15-16)27-6/h7-9,11,15H,10,12-14H2,1-6H3/t22-/m0/s1. The van der Waals surface area contributed by atoms with Gasteiger partial charge in [0.25, 0.3) is 0 Å². The van der Waals surface area contributed by atoms with Crippen LogP contribution in [-0.4, -0.2) is 50.2 Å². The van der Waals surface area contributed by atoms with E-state index >= 15 is 0 Å². The Bertz CT molecular complexity index is 750. The zero-order chi connectivity index (χ0) is 20.9. The summed E-state index contributed by atoms with van der Waals surface area (Å²) in [5, 5.41) is 0. The molecule has 1 aromatic carbocycles. The third-order valence-corrected chi connectivity index (χ3v) is 4.96. The summed E-state index contributed by atoms with van der Waals surface area (Å²) in [5.41, 5.74) is 0.138. The molecule has 6 heteroatoms. The SMILES string of the molecule is COc1ccc([C@@]2(CCN(C)C(=O)OC(C)(C)C)C=CC(=O)CC2)cc1OC. The molecule has 154 valence electrons. The van der Waals surface area contributed by atoms with Crippen LogP contribution in [0.25, 0.3) is 0 Å². The van der Waals surface area contributed by atoms with Crippen LogP contribution in [0.15, 0.2) is 30.4 Å². The number of rotatable bonds is 6. The second-order valence-corrected chi connectivity index (χ2v) is 8.18. The molecule has 0 spiro atoms. The third-order valence-electron chi connectivity index (χ3n) is 4.96. The Morgan fingerprint density at radius 2 is 1.86 bits per heavy atom. The minimum Gasteiger partial charge on any atom is -0.493 e. The lowest BCUT2D eigenvalue weighted by Crippen LogP contribution is -2.38. The summed E-state index contributed by atoms with van der Waals surface area (Å²) in [7, 11) is 4.93. The van der Waals surface area contributed by atoms with Crippen molar-refractivity contribution in [2.45, 2.75) is 51.0 Å². The largest absolute Gasteiger partial charge is 0.493 e. The van der Waals surface area contributed by atoms with Gasteiger partial charge in [-0.25, -0.2) is 4.79 Å². The minimum atomic E-state index is -0.538. The van der Waals surface area contributed by atoms with Crippen molar-refractivity contribution in [2.24, 2.45) is 0 Å². The van der Waals surface area contributed by atoms with E-state index in [1.165, 1.54) is 0 Å². The van der Waals surface area contributed by atoms with E-state index in [-0.39, 0.29) is 17.3 Å². The Labute approximate surface area is 167 Å². The van der Waals surface area contributed by atoms with Crippen molar-refractivity contribution in [3.8, 4) is 11.5 Å². The average Bonchev–Trinajstić information content (AvgIpc) is 2.65. The second kappa shape index (κ2) is 8.67. The molecule has 0 bridgehead atoms. The van der Waals surface area contributed by atoms with Crippen LogP contribution in [0.2, 0.25) is 0 Å². The van der Waals surface area contributed by atoms with Gasteiger partial charge in [0.2, 0.25) is 0 Å². The highest BCUT2D eigenvalue weighted by Gasteiger charge is 2.34. The van der Waals surface area contributed by atoms with E-state index in [1.807, 2.05) is 45.0 Å². The number of methoxy groups -OCH3 is 2. The molecule has 0 heterocycles. The molecule has 1 aromatic rings. The van der Waals surface area contributed by atoms with Gasteiger partial charge in [-0.3, -0.25) is 4.79 Å². The molecule has 1 amide bonds. The van der Waals surface area contributed by atoms with E-state index in [4.69, 9.17) is 14.2 Å². The van der Waals surface area contributed by atoms with Crippen LogP contribution in [0, 0.1) is 0 Å². The molecule has 0 fully saturated rings. The quantitative estimate of drug-likeness (QED) is 0.732. The summed E-state index contributed by atoms with van der Waals surface area (Å²) in [6.45, 7) is 6.04. The van der Waals surface area contributed by atoms with E-state index in [1.54, 1.807) is 32.2 Å². The highest BCUT2D eigenvalue weighted by molar-refractivity contribution is 5.91. The van der Waals surface area contributed by atoms with Gasteiger partial charge in [0, 0.05) is 25.4 Å². The minimum absolute atomic E-state index is 0.122. The summed E-state index contributed by atoms with van der Waals surface area (Å²) < 4.78 is 16.2. The van der Waals surface area contributed by atoms with Crippen molar-refractivity contribution < 1.29 is 23.8 Å². The Kier molecular flexibility index (Phi) is 6.75. The van der Waals surface area contributed by atoms with Crippen molar-refractivity contribution in [3.05, 3.63) is 35.9 Å². The molecule has 28 heavy (non-hydrogen) atoms. The molecule has 2 rings (SSSR count). The Balaban J connectivity index is 2.27. The fourth-order valence-electron chi connectivity index (χ4n) is 3.30. The fourth-order valence-corrected chi connectivity index (χ4v) is 3.30. The number of ether oxygens (including phenoxy) is 3. The monoisotopic (exact) mass is 389 g/mol. The molecule has 0 radical (unpaired) electrons. The van der Waals surface area contributed by atoms with Gasteiger partial charge in [-0.15, -0.1) is 0 Å². The number of nitrogens with zero attached hydrogens (tertiary/aromatic N) is 1. The van der Waals surface area contributed by atoms with Crippen molar-refractivity contribution in [3.63, 3.8) is 0 Å². The molecule has 0 aromatic heterocycles. The third kappa shape index (κ3) is 5.27. The molecule has 0 aliphatic heterocycles. The predicted octanol–water partition coefficient (Wildman–Crippen LogP) is 4.12. The van der Waals surface area contributed by atoms with E-state index in [0.717, 1.165) is 5.56 Å². The maximum Gasteiger partial charge on any atom is 0.410 e. The van der Waals surface area contributed by atoms with Gasteiger partial charge in [-0.05, 0) is 57.4 Å². The van der Waals surface area contributed by atoms with Gasteiger partial charge in [-0.2, -0.15) is 0 Å². The van der Waals surface area contributed by atoms with Crippen LogP contribution in [0.1, 0.15) is 45.6 Å². The van der Waals surface area contributed by atoms with Gasteiger partial charge in [0.1, 0.15) is 5.60 Å². The molecule has 6 nitrogen and oxygen atoms in total. The first kappa shape index (κ1) is 21.8. The normalized spacial score (nSPS) is 19.3. The number of benzene rings is 1. The van der Waals surface area contributed by atoms with E-state index in [2.05, 4.69) is 0 Å². The molecule has 1 aliphatic rings. The lowest BCUT2D eigenvalue weighted by Gasteiger charge is -2.35. The number of carbonyl (C=O) groups excluding carboxylic acids is 2. The summed E-state index contributed by atoms with van der Waals surface area (Å²) >= 11 is 0. The van der Waals surface area contributed by atoms with Crippen molar-refractivity contribution in [2.75, 3.05) is 27.8 Å². The second-order valence-electron chi connectivity index (χ2n) is 8.18. The number of hydrogen-bond donors (Lipinski definition) is 0. The van der Waals surface area contributed by atoms with E-state index in [0.29, 0.717) is 37.3 Å². The average molecular weight is 389 g/mol. The molecule has 0 unspecified atom stereocenters. The number of carbonyl (C=O) groups is 2. The molecule has 1 aliphatic carbocycles. The maximum atomic E-state index is 12.3. The number of amides is 1. The zero-order valence-corrected chi connectivity index (χ0v) is 17.7. The maximum absolute atomic E-state index is 12.3. The van der Waals surface area contributed by atoms with Crippen molar-refractivity contribution in [1.29, 1.82) is 0 Å². The number of allylic oxidation sites excluding steroid dienone is 2. The van der Waals surface area contributed by atoms with Crippen LogP contribution < -0.4 is 9.47 Å². The fraction of sp³-hybridized carbons (Fsp3) is 0.545. The molecule has 1 atom stereocenters. The summed E-state index contributed by atoms with van der Waals surface area (Å²) in [5.74, 6) is 1.42. The highest BCUT2D eigenvalue weighted by atomic mass is 16.6. The van der Waals surface area contributed by atoms with Crippen LogP contribution in [0.3, 0.4) is 0 Å². The highest BCUT2D eigenvalue weighted by Crippen LogP contribution is 2.41. The lowest BCUT2D eigenvalue weighted by atomic mass is 9.71. The zero-order valence-electron chi connectivity index (χ0n) is 17.7. The van der Waals surface area contributed by atoms with Crippen molar-refractivity contribution in [1.82, 2.24) is 4.90 Å². The van der Waals surface area contributed by atoms with Gasteiger partial charge in [-0.1, -0.05) is 12.1 Å². The smallest absolute Gasteiger partial charge is 0.410 e.